The van der Waals surface area contributed by atoms with E-state index in [9.17, 15) is 26.4 Å². The Hall–Kier alpha value is -1.65. The first-order valence-electron chi connectivity index (χ1n) is 8.09. The molecule has 1 N–H and O–H groups in total. The molecule has 1 aromatic carbocycles. The molecule has 0 bridgehead atoms. The van der Waals surface area contributed by atoms with Gasteiger partial charge in [0.1, 0.15) is 0 Å². The van der Waals surface area contributed by atoms with Crippen LogP contribution in [-0.2, 0) is 25.7 Å². The molecule has 1 atom stereocenters. The number of carbonyl (C=O) groups excluding carboxylic acids is 1. The van der Waals surface area contributed by atoms with Crippen molar-refractivity contribution in [2.75, 3.05) is 31.3 Å². The molecular formula is C16H21F3N2O4S. The number of nitrogens with one attached hydrogen (secondary N) is 1. The molecule has 6 nitrogen and oxygen atoms in total. The lowest BCUT2D eigenvalue weighted by Crippen LogP contribution is -2.38. The molecule has 1 fully saturated rings. The number of benzene rings is 1. The van der Waals surface area contributed by atoms with Gasteiger partial charge < -0.3 is 10.1 Å². The Bertz CT molecular complexity index is 731. The maximum absolute atomic E-state index is 12.7. The van der Waals surface area contributed by atoms with Crippen LogP contribution in [0.25, 0.3) is 0 Å². The normalized spacial score (nSPS) is 18.3. The summed E-state index contributed by atoms with van der Waals surface area (Å²) in [6, 6.07) is 4.27. The summed E-state index contributed by atoms with van der Waals surface area (Å²) >= 11 is 0. The molecule has 1 unspecified atom stereocenters. The number of hydrogen-bond donors (Lipinski definition) is 1. The van der Waals surface area contributed by atoms with Crippen LogP contribution in [0, 0.1) is 0 Å². The number of amides is 1. The number of halogens is 3. The minimum absolute atomic E-state index is 0.00913. The van der Waals surface area contributed by atoms with E-state index in [0.29, 0.717) is 6.61 Å². The predicted molar refractivity (Wildman–Crippen MR) is 90.1 cm³/mol. The van der Waals surface area contributed by atoms with Crippen molar-refractivity contribution in [3.05, 3.63) is 29.8 Å². The first-order chi connectivity index (χ1) is 12.1. The number of sulfonamides is 1. The van der Waals surface area contributed by atoms with Crippen LogP contribution >= 0.6 is 0 Å². The van der Waals surface area contributed by atoms with Crippen LogP contribution in [0.4, 0.5) is 18.9 Å². The van der Waals surface area contributed by atoms with E-state index < -0.39 is 27.7 Å². The lowest BCUT2D eigenvalue weighted by Gasteiger charge is -2.22. The van der Waals surface area contributed by atoms with E-state index in [2.05, 4.69) is 5.32 Å². The molecule has 0 spiro atoms. The molecule has 0 aromatic heterocycles. The Labute approximate surface area is 150 Å². The Kier molecular flexibility index (Phi) is 6.64. The zero-order valence-electron chi connectivity index (χ0n) is 14.3. The standard InChI is InChI=1S/C16H21F3N2O4S/c1-26(23,24)21(11-14-6-3-9-25-14)8-7-15(22)20-13-5-2-4-12(10-13)16(17,18)19/h2,4-5,10,14H,3,6-9,11H2,1H3,(H,20,22). The second-order valence-electron chi connectivity index (χ2n) is 6.13. The van der Waals surface area contributed by atoms with Gasteiger partial charge in [-0.1, -0.05) is 6.07 Å². The van der Waals surface area contributed by atoms with Crippen LogP contribution in [0.15, 0.2) is 24.3 Å². The fourth-order valence-electron chi connectivity index (χ4n) is 2.63. The maximum atomic E-state index is 12.7. The molecule has 0 aliphatic carbocycles. The van der Waals surface area contributed by atoms with Crippen LogP contribution in [0.3, 0.4) is 0 Å². The average molecular weight is 394 g/mol. The summed E-state index contributed by atoms with van der Waals surface area (Å²) in [6.07, 6.45) is -2.21. The van der Waals surface area contributed by atoms with E-state index in [-0.39, 0.29) is 31.3 Å². The SMILES string of the molecule is CS(=O)(=O)N(CCC(=O)Nc1cccc(C(F)(F)F)c1)CC1CCCO1. The van der Waals surface area contributed by atoms with Crippen molar-refractivity contribution in [2.24, 2.45) is 0 Å². The van der Waals surface area contributed by atoms with E-state index in [1.165, 1.54) is 12.1 Å². The Morgan fingerprint density at radius 1 is 1.38 bits per heavy atom. The molecule has 1 aliphatic heterocycles. The molecule has 1 amide bonds. The lowest BCUT2D eigenvalue weighted by molar-refractivity contribution is -0.137. The summed E-state index contributed by atoms with van der Waals surface area (Å²) in [4.78, 5) is 12.0. The first kappa shape index (κ1) is 20.7. The number of anilines is 1. The molecule has 2 rings (SSSR count). The van der Waals surface area contributed by atoms with E-state index in [1.807, 2.05) is 0 Å². The van der Waals surface area contributed by atoms with Crippen molar-refractivity contribution in [1.29, 1.82) is 0 Å². The van der Waals surface area contributed by atoms with E-state index in [1.54, 1.807) is 0 Å². The van der Waals surface area contributed by atoms with E-state index >= 15 is 0 Å². The Morgan fingerprint density at radius 3 is 2.69 bits per heavy atom. The molecule has 146 valence electrons. The summed E-state index contributed by atoms with van der Waals surface area (Å²) in [5, 5.41) is 2.36. The molecule has 10 heteroatoms. The van der Waals surface area contributed by atoms with Gasteiger partial charge in [-0.05, 0) is 31.0 Å². The fraction of sp³-hybridized carbons (Fsp3) is 0.562. The van der Waals surface area contributed by atoms with Crippen molar-refractivity contribution in [1.82, 2.24) is 4.31 Å². The third-order valence-corrected chi connectivity index (χ3v) is 5.23. The van der Waals surface area contributed by atoms with Gasteiger partial charge >= 0.3 is 6.18 Å². The summed E-state index contributed by atoms with van der Waals surface area (Å²) in [5.41, 5.74) is -0.860. The van der Waals surface area contributed by atoms with Gasteiger partial charge in [0.05, 0.1) is 17.9 Å². The monoisotopic (exact) mass is 394 g/mol. The van der Waals surface area contributed by atoms with Crippen molar-refractivity contribution in [2.45, 2.75) is 31.5 Å². The number of carbonyl (C=O) groups is 1. The third-order valence-electron chi connectivity index (χ3n) is 3.96. The van der Waals surface area contributed by atoms with Gasteiger partial charge in [0.2, 0.25) is 15.9 Å². The molecule has 1 aliphatic rings. The highest BCUT2D eigenvalue weighted by molar-refractivity contribution is 7.88. The fourth-order valence-corrected chi connectivity index (χ4v) is 3.49. The van der Waals surface area contributed by atoms with Gasteiger partial charge in [0.25, 0.3) is 0 Å². The number of nitrogens with zero attached hydrogens (tertiary/aromatic N) is 1. The summed E-state index contributed by atoms with van der Waals surface area (Å²) in [5.74, 6) is -0.565. The number of hydrogen-bond acceptors (Lipinski definition) is 4. The molecule has 1 aromatic rings. The Morgan fingerprint density at radius 2 is 2.12 bits per heavy atom. The molecule has 0 saturated carbocycles. The number of rotatable bonds is 7. The van der Waals surface area contributed by atoms with Crippen LogP contribution in [0.1, 0.15) is 24.8 Å². The second kappa shape index (κ2) is 8.36. The van der Waals surface area contributed by atoms with Gasteiger partial charge in [-0.15, -0.1) is 0 Å². The zero-order chi connectivity index (χ0) is 19.4. The second-order valence-corrected chi connectivity index (χ2v) is 8.12. The van der Waals surface area contributed by atoms with Gasteiger partial charge in [-0.3, -0.25) is 4.79 Å². The molecule has 0 radical (unpaired) electrons. The van der Waals surface area contributed by atoms with Crippen molar-refractivity contribution in [3.8, 4) is 0 Å². The minimum Gasteiger partial charge on any atom is -0.377 e. The summed E-state index contributed by atoms with van der Waals surface area (Å²) in [7, 11) is -3.52. The van der Waals surface area contributed by atoms with E-state index in [4.69, 9.17) is 4.74 Å². The van der Waals surface area contributed by atoms with Crippen LogP contribution < -0.4 is 5.32 Å². The molecular weight excluding hydrogens is 373 g/mol. The van der Waals surface area contributed by atoms with Gasteiger partial charge in [0, 0.05) is 31.8 Å². The first-order valence-corrected chi connectivity index (χ1v) is 9.94. The topological polar surface area (TPSA) is 75.7 Å². The zero-order valence-corrected chi connectivity index (χ0v) is 15.1. The summed E-state index contributed by atoms with van der Waals surface area (Å²) < 4.78 is 68.4. The van der Waals surface area contributed by atoms with Crippen molar-refractivity contribution in [3.63, 3.8) is 0 Å². The average Bonchev–Trinajstić information content (AvgIpc) is 3.03. The highest BCUT2D eigenvalue weighted by Crippen LogP contribution is 2.30. The summed E-state index contributed by atoms with van der Waals surface area (Å²) in [6.45, 7) is 0.678. The molecule has 1 saturated heterocycles. The maximum Gasteiger partial charge on any atom is 0.416 e. The molecule has 1 heterocycles. The Balaban J connectivity index is 1.93. The van der Waals surface area contributed by atoms with E-state index in [0.717, 1.165) is 35.5 Å². The highest BCUT2D eigenvalue weighted by Gasteiger charge is 2.30. The van der Waals surface area contributed by atoms with Crippen LogP contribution in [-0.4, -0.2) is 50.7 Å². The predicted octanol–water partition coefficient (Wildman–Crippen LogP) is 2.47. The quantitative estimate of drug-likeness (QED) is 0.771. The van der Waals surface area contributed by atoms with Crippen LogP contribution in [0.5, 0.6) is 0 Å². The van der Waals surface area contributed by atoms with Crippen molar-refractivity contribution >= 4 is 21.6 Å². The minimum atomic E-state index is -4.50. The third kappa shape index (κ3) is 6.26. The van der Waals surface area contributed by atoms with Gasteiger partial charge in [-0.2, -0.15) is 17.5 Å². The smallest absolute Gasteiger partial charge is 0.377 e. The number of ether oxygens (including phenoxy) is 1. The molecule has 26 heavy (non-hydrogen) atoms. The van der Waals surface area contributed by atoms with Crippen LogP contribution in [0.2, 0.25) is 0 Å². The number of alkyl halides is 3. The lowest BCUT2D eigenvalue weighted by atomic mass is 10.2. The van der Waals surface area contributed by atoms with Gasteiger partial charge in [0.15, 0.2) is 0 Å². The highest BCUT2D eigenvalue weighted by atomic mass is 32.2. The largest absolute Gasteiger partial charge is 0.416 e. The van der Waals surface area contributed by atoms with Gasteiger partial charge in [-0.25, -0.2) is 8.42 Å². The van der Waals surface area contributed by atoms with Crippen molar-refractivity contribution < 1.29 is 31.1 Å².